The second-order valence-corrected chi connectivity index (χ2v) is 5.25. The Bertz CT molecular complexity index is 469. The van der Waals surface area contributed by atoms with Gasteiger partial charge in [-0.2, -0.15) is 0 Å². The van der Waals surface area contributed by atoms with Crippen molar-refractivity contribution in [2.24, 2.45) is 5.84 Å². The number of nitrogens with two attached hydrogens (primary N) is 1. The number of nitrogens with one attached hydrogen (secondary N) is 1. The number of nitrogen functional groups attached to an aromatic ring is 1. The van der Waals surface area contributed by atoms with Gasteiger partial charge in [-0.1, -0.05) is 6.92 Å². The Morgan fingerprint density at radius 2 is 2.53 bits per heavy atom. The molecule has 1 aliphatic rings. The van der Waals surface area contributed by atoms with Crippen LogP contribution in [0, 0.1) is 0 Å². The molecule has 6 nitrogen and oxygen atoms in total. The van der Waals surface area contributed by atoms with E-state index >= 15 is 0 Å². The summed E-state index contributed by atoms with van der Waals surface area (Å²) < 4.78 is 6.16. The predicted molar refractivity (Wildman–Crippen MR) is 75.7 cm³/mol. The minimum Gasteiger partial charge on any atom is -0.377 e. The van der Waals surface area contributed by atoms with Gasteiger partial charge in [-0.05, 0) is 28.4 Å². The summed E-state index contributed by atoms with van der Waals surface area (Å²) in [5.74, 6) is 5.72. The van der Waals surface area contributed by atoms with Gasteiger partial charge in [0.05, 0.1) is 24.8 Å². The monoisotopic (exact) mass is 328 g/mol. The second-order valence-electron chi connectivity index (χ2n) is 4.33. The maximum absolute atomic E-state index is 12.6. The molecule has 1 aromatic heterocycles. The zero-order chi connectivity index (χ0) is 13.8. The van der Waals surface area contributed by atoms with Crippen LogP contribution in [0.4, 0.5) is 5.82 Å². The zero-order valence-electron chi connectivity index (χ0n) is 10.7. The summed E-state index contributed by atoms with van der Waals surface area (Å²) in [5, 5.41) is 0. The number of aromatic nitrogens is 1. The molecule has 2 heterocycles. The van der Waals surface area contributed by atoms with Crippen LogP contribution in [0.5, 0.6) is 0 Å². The number of pyridine rings is 1. The van der Waals surface area contributed by atoms with Gasteiger partial charge in [-0.15, -0.1) is 0 Å². The van der Waals surface area contributed by atoms with Crippen molar-refractivity contribution in [2.45, 2.75) is 19.4 Å². The van der Waals surface area contributed by atoms with Crippen molar-refractivity contribution in [3.63, 3.8) is 0 Å². The summed E-state index contributed by atoms with van der Waals surface area (Å²) in [4.78, 5) is 18.5. The van der Waals surface area contributed by atoms with Gasteiger partial charge in [-0.25, -0.2) is 10.8 Å². The van der Waals surface area contributed by atoms with Crippen molar-refractivity contribution in [3.05, 3.63) is 22.3 Å². The molecule has 0 aliphatic carbocycles. The fraction of sp³-hybridized carbons (Fsp3) is 0.500. The van der Waals surface area contributed by atoms with E-state index in [1.807, 2.05) is 11.8 Å². The molecule has 2 rings (SSSR count). The zero-order valence-corrected chi connectivity index (χ0v) is 12.3. The van der Waals surface area contributed by atoms with Gasteiger partial charge < -0.3 is 15.1 Å². The number of carbonyl (C=O) groups is 1. The van der Waals surface area contributed by atoms with Gasteiger partial charge >= 0.3 is 0 Å². The molecule has 7 heteroatoms. The summed E-state index contributed by atoms with van der Waals surface area (Å²) in [5.41, 5.74) is 2.93. The average Bonchev–Trinajstić information content (AvgIpc) is 2.46. The minimum absolute atomic E-state index is 0.0723. The molecule has 1 aliphatic heterocycles. The van der Waals surface area contributed by atoms with Crippen molar-refractivity contribution < 1.29 is 9.53 Å². The highest BCUT2D eigenvalue weighted by atomic mass is 79.9. The summed E-state index contributed by atoms with van der Waals surface area (Å²) in [6.07, 6.45) is 2.46. The SMILES string of the molecule is CCC1COCCN1C(=O)c1cc(Br)cnc1NN. The third-order valence-electron chi connectivity index (χ3n) is 3.18. The second kappa shape index (κ2) is 6.31. The Morgan fingerprint density at radius 1 is 1.74 bits per heavy atom. The van der Waals surface area contributed by atoms with Crippen LogP contribution < -0.4 is 11.3 Å². The highest BCUT2D eigenvalue weighted by Crippen LogP contribution is 2.22. The van der Waals surface area contributed by atoms with E-state index in [9.17, 15) is 4.79 Å². The lowest BCUT2D eigenvalue weighted by atomic mass is 10.1. The van der Waals surface area contributed by atoms with Crippen molar-refractivity contribution in [1.82, 2.24) is 9.88 Å². The molecule has 0 aromatic carbocycles. The number of hydrogen-bond acceptors (Lipinski definition) is 5. The van der Waals surface area contributed by atoms with Gasteiger partial charge in [-0.3, -0.25) is 4.79 Å². The summed E-state index contributed by atoms with van der Waals surface area (Å²) >= 11 is 3.32. The molecule has 1 aromatic rings. The lowest BCUT2D eigenvalue weighted by Gasteiger charge is -2.35. The first-order valence-corrected chi connectivity index (χ1v) is 6.97. The smallest absolute Gasteiger partial charge is 0.258 e. The van der Waals surface area contributed by atoms with Crippen molar-refractivity contribution in [2.75, 3.05) is 25.2 Å². The summed E-state index contributed by atoms with van der Waals surface area (Å²) in [6, 6.07) is 1.83. The van der Waals surface area contributed by atoms with E-state index in [0.717, 1.165) is 10.9 Å². The molecule has 0 saturated carbocycles. The number of hydrazine groups is 1. The lowest BCUT2D eigenvalue weighted by molar-refractivity contribution is -0.00277. The van der Waals surface area contributed by atoms with Gasteiger partial charge in [0, 0.05) is 17.2 Å². The fourth-order valence-corrected chi connectivity index (χ4v) is 2.46. The Labute approximate surface area is 120 Å². The first-order valence-electron chi connectivity index (χ1n) is 6.18. The van der Waals surface area contributed by atoms with Crippen LogP contribution in [-0.4, -0.2) is 41.6 Å². The van der Waals surface area contributed by atoms with Crippen LogP contribution in [0.15, 0.2) is 16.7 Å². The summed E-state index contributed by atoms with van der Waals surface area (Å²) in [6.45, 7) is 3.78. The molecule has 104 valence electrons. The predicted octanol–water partition coefficient (Wildman–Crippen LogP) is 1.38. The third kappa shape index (κ3) is 3.05. The van der Waals surface area contributed by atoms with Crippen LogP contribution in [0.3, 0.4) is 0 Å². The largest absolute Gasteiger partial charge is 0.377 e. The first-order chi connectivity index (χ1) is 9.17. The molecule has 1 unspecified atom stereocenters. The maximum atomic E-state index is 12.6. The summed E-state index contributed by atoms with van der Waals surface area (Å²) in [7, 11) is 0. The van der Waals surface area contributed by atoms with Gasteiger partial charge in [0.15, 0.2) is 5.82 Å². The molecule has 0 radical (unpaired) electrons. The number of nitrogens with zero attached hydrogens (tertiary/aromatic N) is 2. The van der Waals surface area contributed by atoms with Crippen LogP contribution >= 0.6 is 15.9 Å². The molecule has 0 spiro atoms. The van der Waals surface area contributed by atoms with E-state index in [2.05, 4.69) is 26.3 Å². The number of halogens is 1. The minimum atomic E-state index is -0.0723. The van der Waals surface area contributed by atoms with Crippen molar-refractivity contribution >= 4 is 27.7 Å². The fourth-order valence-electron chi connectivity index (χ4n) is 2.13. The Balaban J connectivity index is 2.29. The van der Waals surface area contributed by atoms with E-state index in [1.165, 1.54) is 0 Å². The van der Waals surface area contributed by atoms with Gasteiger partial charge in [0.1, 0.15) is 0 Å². The Kier molecular flexibility index (Phi) is 4.73. The number of amides is 1. The van der Waals surface area contributed by atoms with E-state index in [-0.39, 0.29) is 11.9 Å². The number of hydrogen-bond donors (Lipinski definition) is 2. The quantitative estimate of drug-likeness (QED) is 0.647. The van der Waals surface area contributed by atoms with E-state index in [1.54, 1.807) is 12.3 Å². The van der Waals surface area contributed by atoms with E-state index < -0.39 is 0 Å². The molecule has 1 saturated heterocycles. The van der Waals surface area contributed by atoms with Crippen LogP contribution in [0.25, 0.3) is 0 Å². The molecule has 1 fully saturated rings. The van der Waals surface area contributed by atoms with Crippen molar-refractivity contribution in [3.8, 4) is 0 Å². The number of morpholine rings is 1. The first kappa shape index (κ1) is 14.2. The normalized spacial score (nSPS) is 19.3. The average molecular weight is 329 g/mol. The molecule has 0 bridgehead atoms. The Morgan fingerprint density at radius 3 is 3.21 bits per heavy atom. The molecule has 19 heavy (non-hydrogen) atoms. The topological polar surface area (TPSA) is 80.5 Å². The lowest BCUT2D eigenvalue weighted by Crippen LogP contribution is -2.48. The Hall–Kier alpha value is -1.18. The number of anilines is 1. The molecule has 1 atom stereocenters. The molecule has 3 N–H and O–H groups in total. The van der Waals surface area contributed by atoms with Gasteiger partial charge in [0.25, 0.3) is 5.91 Å². The maximum Gasteiger partial charge on any atom is 0.258 e. The number of carbonyl (C=O) groups excluding carboxylic acids is 1. The highest BCUT2D eigenvalue weighted by Gasteiger charge is 2.28. The third-order valence-corrected chi connectivity index (χ3v) is 3.61. The molecular weight excluding hydrogens is 312 g/mol. The van der Waals surface area contributed by atoms with E-state index in [0.29, 0.717) is 31.1 Å². The molecule has 1 amide bonds. The standard InChI is InChI=1S/C12H17BrN4O2/c1-2-9-7-19-4-3-17(9)12(18)10-5-8(13)6-15-11(10)16-14/h5-6,9H,2-4,7,14H2,1H3,(H,15,16). The van der Waals surface area contributed by atoms with Gasteiger partial charge in [0.2, 0.25) is 0 Å². The van der Waals surface area contributed by atoms with Crippen LogP contribution in [0.2, 0.25) is 0 Å². The van der Waals surface area contributed by atoms with Crippen LogP contribution in [0.1, 0.15) is 23.7 Å². The van der Waals surface area contributed by atoms with Crippen LogP contribution in [-0.2, 0) is 4.74 Å². The van der Waals surface area contributed by atoms with E-state index in [4.69, 9.17) is 10.6 Å². The molecular formula is C12H17BrN4O2. The number of rotatable bonds is 3. The van der Waals surface area contributed by atoms with Crippen molar-refractivity contribution in [1.29, 1.82) is 0 Å². The number of ether oxygens (including phenoxy) is 1. The highest BCUT2D eigenvalue weighted by molar-refractivity contribution is 9.10.